The molecule has 2 fully saturated rings. The molecule has 3 aliphatic rings. The van der Waals surface area contributed by atoms with Gasteiger partial charge in [-0.05, 0) is 112 Å². The lowest BCUT2D eigenvalue weighted by Gasteiger charge is -2.28. The van der Waals surface area contributed by atoms with Gasteiger partial charge in [-0.15, -0.1) is 0 Å². The van der Waals surface area contributed by atoms with Gasteiger partial charge in [-0.2, -0.15) is 0 Å². The number of rotatable bonds is 10. The van der Waals surface area contributed by atoms with Gasteiger partial charge >= 0.3 is 5.97 Å². The Morgan fingerprint density at radius 2 is 1.21 bits per heavy atom. The Kier molecular flexibility index (Phi) is 9.03. The molecule has 0 N–H and O–H groups in total. The summed E-state index contributed by atoms with van der Waals surface area (Å²) in [6.45, 7) is 8.04. The molecule has 0 aromatic heterocycles. The van der Waals surface area contributed by atoms with Crippen LogP contribution in [0.2, 0.25) is 0 Å². The normalized spacial score (nSPS) is 26.4. The first-order valence-electron chi connectivity index (χ1n) is 14.5. The summed E-state index contributed by atoms with van der Waals surface area (Å²) >= 11 is 0. The summed E-state index contributed by atoms with van der Waals surface area (Å²) in [5.74, 6) is 1.48. The van der Waals surface area contributed by atoms with E-state index in [-0.39, 0.29) is 36.8 Å². The predicted molar refractivity (Wildman–Crippen MR) is 147 cm³/mol. The van der Waals surface area contributed by atoms with Crippen LogP contribution in [0.25, 0.3) is 11.1 Å². The van der Waals surface area contributed by atoms with Crippen LogP contribution >= 0.6 is 0 Å². The second-order valence-corrected chi connectivity index (χ2v) is 10.9. The van der Waals surface area contributed by atoms with E-state index in [1.54, 1.807) is 0 Å². The van der Waals surface area contributed by atoms with E-state index in [1.165, 1.54) is 22.3 Å². The minimum absolute atomic E-state index is 0.0452. The molecule has 0 bridgehead atoms. The van der Waals surface area contributed by atoms with E-state index in [9.17, 15) is 4.79 Å². The Labute approximate surface area is 226 Å². The molecule has 2 aromatic rings. The largest absolute Gasteiger partial charge is 0.468 e. The summed E-state index contributed by atoms with van der Waals surface area (Å²) in [4.78, 5) is 12.8. The standard InChI is InChI=1S/C32H42O6/c1-4-34-23-8-6-22(7-9-23)32(33)38-27-15-17-29-28-16-14-26(18-30(28)21(3)31(29)19-27)37-20-36-25-12-10-24(11-13-25)35-5-2/h14-19,21-25H,4-13,20H2,1-3H3. The molecule has 206 valence electrons. The smallest absolute Gasteiger partial charge is 0.314 e. The van der Waals surface area contributed by atoms with Gasteiger partial charge in [-0.3, -0.25) is 4.79 Å². The number of esters is 1. The fourth-order valence-electron chi connectivity index (χ4n) is 6.31. The fourth-order valence-corrected chi connectivity index (χ4v) is 6.31. The summed E-state index contributed by atoms with van der Waals surface area (Å²) in [6.07, 6.45) is 8.56. The van der Waals surface area contributed by atoms with Crippen molar-refractivity contribution in [1.29, 1.82) is 0 Å². The molecule has 2 aromatic carbocycles. The van der Waals surface area contributed by atoms with Crippen molar-refractivity contribution in [3.63, 3.8) is 0 Å². The summed E-state index contributed by atoms with van der Waals surface area (Å²) in [7, 11) is 0. The first-order valence-corrected chi connectivity index (χ1v) is 14.5. The zero-order valence-corrected chi connectivity index (χ0v) is 23.1. The molecule has 2 saturated carbocycles. The second-order valence-electron chi connectivity index (χ2n) is 10.9. The first-order chi connectivity index (χ1) is 18.6. The third-order valence-corrected chi connectivity index (χ3v) is 8.45. The quantitative estimate of drug-likeness (QED) is 0.190. The number of benzene rings is 2. The summed E-state index contributed by atoms with van der Waals surface area (Å²) in [6, 6.07) is 12.3. The second kappa shape index (κ2) is 12.6. The molecule has 5 rings (SSSR count). The van der Waals surface area contributed by atoms with E-state index in [4.69, 9.17) is 23.7 Å². The maximum Gasteiger partial charge on any atom is 0.314 e. The monoisotopic (exact) mass is 522 g/mol. The number of carbonyl (C=O) groups is 1. The van der Waals surface area contributed by atoms with Crippen LogP contribution in [0.15, 0.2) is 36.4 Å². The number of hydrogen-bond donors (Lipinski definition) is 0. The van der Waals surface area contributed by atoms with E-state index in [1.807, 2.05) is 25.1 Å². The molecule has 0 saturated heterocycles. The average Bonchev–Trinajstić information content (AvgIpc) is 3.21. The lowest BCUT2D eigenvalue weighted by atomic mass is 9.87. The third-order valence-electron chi connectivity index (χ3n) is 8.45. The third kappa shape index (κ3) is 6.24. The van der Waals surface area contributed by atoms with Crippen LogP contribution in [-0.2, 0) is 19.0 Å². The highest BCUT2D eigenvalue weighted by Gasteiger charge is 2.30. The Morgan fingerprint density at radius 3 is 1.79 bits per heavy atom. The Morgan fingerprint density at radius 1 is 0.711 bits per heavy atom. The van der Waals surface area contributed by atoms with Crippen molar-refractivity contribution in [1.82, 2.24) is 0 Å². The van der Waals surface area contributed by atoms with Gasteiger partial charge in [-0.1, -0.05) is 19.1 Å². The van der Waals surface area contributed by atoms with Gasteiger partial charge in [0.15, 0.2) is 6.79 Å². The van der Waals surface area contributed by atoms with Gasteiger partial charge in [0.25, 0.3) is 0 Å². The van der Waals surface area contributed by atoms with Crippen LogP contribution in [0.1, 0.15) is 89.2 Å². The van der Waals surface area contributed by atoms with Crippen LogP contribution < -0.4 is 9.47 Å². The molecule has 0 radical (unpaired) electrons. The molecule has 0 aliphatic heterocycles. The van der Waals surface area contributed by atoms with Crippen molar-refractivity contribution in [3.05, 3.63) is 47.5 Å². The Hall–Kier alpha value is -2.41. The summed E-state index contributed by atoms with van der Waals surface area (Å²) < 4.78 is 29.3. The van der Waals surface area contributed by atoms with Gasteiger partial charge in [0, 0.05) is 19.1 Å². The molecule has 3 aliphatic carbocycles. The van der Waals surface area contributed by atoms with Crippen LogP contribution in [0, 0.1) is 5.92 Å². The number of hydrogen-bond acceptors (Lipinski definition) is 6. The van der Waals surface area contributed by atoms with Crippen LogP contribution in [0.3, 0.4) is 0 Å². The summed E-state index contributed by atoms with van der Waals surface area (Å²) in [5.41, 5.74) is 4.82. The predicted octanol–water partition coefficient (Wildman–Crippen LogP) is 7.02. The average molecular weight is 523 g/mol. The van der Waals surface area contributed by atoms with Gasteiger partial charge in [0.1, 0.15) is 11.5 Å². The highest BCUT2D eigenvalue weighted by Crippen LogP contribution is 2.47. The molecule has 0 amide bonds. The van der Waals surface area contributed by atoms with E-state index >= 15 is 0 Å². The van der Waals surface area contributed by atoms with Gasteiger partial charge in [0.2, 0.25) is 0 Å². The summed E-state index contributed by atoms with van der Waals surface area (Å²) in [5, 5.41) is 0. The first kappa shape index (κ1) is 27.2. The van der Waals surface area contributed by atoms with Gasteiger partial charge in [-0.25, -0.2) is 0 Å². The van der Waals surface area contributed by atoms with Gasteiger partial charge < -0.3 is 23.7 Å². The van der Waals surface area contributed by atoms with Crippen molar-refractivity contribution in [3.8, 4) is 22.6 Å². The van der Waals surface area contributed by atoms with Crippen LogP contribution in [0.5, 0.6) is 11.5 Å². The molecule has 6 nitrogen and oxygen atoms in total. The molecule has 0 spiro atoms. The molecule has 38 heavy (non-hydrogen) atoms. The maximum absolute atomic E-state index is 12.8. The highest BCUT2D eigenvalue weighted by atomic mass is 16.7. The molecular weight excluding hydrogens is 480 g/mol. The van der Waals surface area contributed by atoms with Crippen molar-refractivity contribution in [2.75, 3.05) is 20.0 Å². The molecule has 1 atom stereocenters. The fraction of sp³-hybridized carbons (Fsp3) is 0.594. The molecule has 1 unspecified atom stereocenters. The number of fused-ring (bicyclic) bond motifs is 3. The lowest BCUT2D eigenvalue weighted by molar-refractivity contribution is -0.141. The lowest BCUT2D eigenvalue weighted by Crippen LogP contribution is -2.28. The minimum atomic E-state index is -0.120. The maximum atomic E-state index is 12.8. The van der Waals surface area contributed by atoms with E-state index < -0.39 is 0 Å². The molecule has 0 heterocycles. The van der Waals surface area contributed by atoms with Crippen LogP contribution in [-0.4, -0.2) is 44.3 Å². The van der Waals surface area contributed by atoms with Crippen LogP contribution in [0.4, 0.5) is 0 Å². The van der Waals surface area contributed by atoms with E-state index in [2.05, 4.69) is 32.0 Å². The van der Waals surface area contributed by atoms with Crippen molar-refractivity contribution in [2.24, 2.45) is 5.92 Å². The van der Waals surface area contributed by atoms with Gasteiger partial charge in [0.05, 0.1) is 24.2 Å². The Bertz CT molecular complexity index is 1080. The van der Waals surface area contributed by atoms with Crippen molar-refractivity contribution < 1.29 is 28.5 Å². The molecule has 6 heteroatoms. The number of carbonyl (C=O) groups excluding carboxylic acids is 1. The number of ether oxygens (including phenoxy) is 5. The molecular formula is C32H42O6. The van der Waals surface area contributed by atoms with E-state index in [0.717, 1.165) is 70.3 Å². The topological polar surface area (TPSA) is 63.2 Å². The zero-order chi connectivity index (χ0) is 26.5. The van der Waals surface area contributed by atoms with Crippen molar-refractivity contribution in [2.45, 2.75) is 96.4 Å². The van der Waals surface area contributed by atoms with Crippen molar-refractivity contribution >= 4 is 5.97 Å². The SMILES string of the molecule is CCOC1CCC(OCOc2ccc3c(c2)C(C)c2cc(OC(=O)C4CCC(OCC)CC4)ccc2-3)CC1. The Balaban J connectivity index is 1.15. The highest BCUT2D eigenvalue weighted by molar-refractivity contribution is 5.81. The zero-order valence-electron chi connectivity index (χ0n) is 23.1. The minimum Gasteiger partial charge on any atom is -0.468 e. The van der Waals surface area contributed by atoms with E-state index in [0.29, 0.717) is 11.9 Å².